The second kappa shape index (κ2) is 5.38. The van der Waals surface area contributed by atoms with Gasteiger partial charge < -0.3 is 10.6 Å². The first-order chi connectivity index (χ1) is 8.13. The van der Waals surface area contributed by atoms with Crippen molar-refractivity contribution in [3.63, 3.8) is 0 Å². The molecule has 0 spiro atoms. The highest BCUT2D eigenvalue weighted by molar-refractivity contribution is 9.10. The standard InChI is InChI=1S/C12H14BrClN2O/c13-11-6-8(14)3-4-10(11)12(17)16-5-1-2-9(16)7-15/h3-4,6,9H,1-2,5,7,15H2/t9-/m1/s1. The number of nitrogens with zero attached hydrogens (tertiary/aromatic N) is 1. The molecule has 3 nitrogen and oxygen atoms in total. The summed E-state index contributed by atoms with van der Waals surface area (Å²) >= 11 is 9.24. The van der Waals surface area contributed by atoms with Crippen molar-refractivity contribution in [1.82, 2.24) is 4.90 Å². The Kier molecular flexibility index (Phi) is 4.07. The number of hydrogen-bond donors (Lipinski definition) is 1. The van der Waals surface area contributed by atoms with Gasteiger partial charge in [0, 0.05) is 28.6 Å². The third-order valence-electron chi connectivity index (χ3n) is 3.07. The molecule has 5 heteroatoms. The maximum absolute atomic E-state index is 12.3. The maximum Gasteiger partial charge on any atom is 0.255 e. The molecule has 2 N–H and O–H groups in total. The van der Waals surface area contributed by atoms with E-state index in [0.29, 0.717) is 17.1 Å². The average molecular weight is 318 g/mol. The number of carbonyl (C=O) groups is 1. The number of nitrogens with two attached hydrogens (primary N) is 1. The number of halogens is 2. The monoisotopic (exact) mass is 316 g/mol. The van der Waals surface area contributed by atoms with E-state index < -0.39 is 0 Å². The van der Waals surface area contributed by atoms with Crippen molar-refractivity contribution >= 4 is 33.4 Å². The van der Waals surface area contributed by atoms with E-state index in [2.05, 4.69) is 15.9 Å². The second-order valence-corrected chi connectivity index (χ2v) is 5.45. The number of amides is 1. The molecule has 0 aromatic heterocycles. The van der Waals surface area contributed by atoms with Gasteiger partial charge in [-0.2, -0.15) is 0 Å². The van der Waals surface area contributed by atoms with E-state index in [4.69, 9.17) is 17.3 Å². The van der Waals surface area contributed by atoms with Crippen LogP contribution in [0, 0.1) is 0 Å². The van der Waals surface area contributed by atoms with E-state index in [-0.39, 0.29) is 11.9 Å². The van der Waals surface area contributed by atoms with Gasteiger partial charge >= 0.3 is 0 Å². The van der Waals surface area contributed by atoms with Crippen molar-refractivity contribution in [2.24, 2.45) is 5.73 Å². The van der Waals surface area contributed by atoms with Gasteiger partial charge in [-0.05, 0) is 47.0 Å². The lowest BCUT2D eigenvalue weighted by Crippen LogP contribution is -2.40. The molecule has 0 unspecified atom stereocenters. The predicted octanol–water partition coefficient (Wildman–Crippen LogP) is 2.67. The summed E-state index contributed by atoms with van der Waals surface area (Å²) in [6.45, 7) is 1.31. The summed E-state index contributed by atoms with van der Waals surface area (Å²) in [5, 5.41) is 0.616. The van der Waals surface area contributed by atoms with Crippen LogP contribution in [-0.4, -0.2) is 29.9 Å². The molecule has 1 amide bonds. The number of benzene rings is 1. The molecule has 1 aliphatic rings. The fraction of sp³-hybridized carbons (Fsp3) is 0.417. The second-order valence-electron chi connectivity index (χ2n) is 4.15. The van der Waals surface area contributed by atoms with Crippen molar-refractivity contribution in [3.05, 3.63) is 33.3 Å². The van der Waals surface area contributed by atoms with Gasteiger partial charge in [-0.25, -0.2) is 0 Å². The van der Waals surface area contributed by atoms with Crippen LogP contribution < -0.4 is 5.73 Å². The van der Waals surface area contributed by atoms with E-state index in [9.17, 15) is 4.79 Å². The molecular formula is C12H14BrClN2O. The van der Waals surface area contributed by atoms with Crippen LogP contribution in [0.15, 0.2) is 22.7 Å². The highest BCUT2D eigenvalue weighted by atomic mass is 79.9. The summed E-state index contributed by atoms with van der Waals surface area (Å²) in [4.78, 5) is 14.2. The maximum atomic E-state index is 12.3. The van der Waals surface area contributed by atoms with Crippen molar-refractivity contribution in [2.45, 2.75) is 18.9 Å². The topological polar surface area (TPSA) is 46.3 Å². The van der Waals surface area contributed by atoms with Crippen molar-refractivity contribution in [2.75, 3.05) is 13.1 Å². The Bertz CT molecular complexity index is 439. The van der Waals surface area contributed by atoms with Crippen LogP contribution in [0.3, 0.4) is 0 Å². The molecule has 0 radical (unpaired) electrons. The zero-order chi connectivity index (χ0) is 12.4. The van der Waals surface area contributed by atoms with Crippen molar-refractivity contribution in [1.29, 1.82) is 0 Å². The first kappa shape index (κ1) is 12.9. The fourth-order valence-electron chi connectivity index (χ4n) is 2.17. The largest absolute Gasteiger partial charge is 0.334 e. The van der Waals surface area contributed by atoms with Gasteiger partial charge in [-0.15, -0.1) is 0 Å². The van der Waals surface area contributed by atoms with Gasteiger partial charge in [-0.3, -0.25) is 4.79 Å². The number of carbonyl (C=O) groups excluding carboxylic acids is 1. The van der Waals surface area contributed by atoms with Gasteiger partial charge in [0.2, 0.25) is 0 Å². The molecule has 1 aromatic rings. The quantitative estimate of drug-likeness (QED) is 0.911. The van der Waals surface area contributed by atoms with Gasteiger partial charge in [0.1, 0.15) is 0 Å². The van der Waals surface area contributed by atoms with Crippen molar-refractivity contribution in [3.8, 4) is 0 Å². The molecule has 1 aromatic carbocycles. The van der Waals surface area contributed by atoms with Gasteiger partial charge in [0.25, 0.3) is 5.91 Å². The molecule has 1 atom stereocenters. The molecule has 1 aliphatic heterocycles. The van der Waals surface area contributed by atoms with E-state index in [1.165, 1.54) is 0 Å². The normalized spacial score (nSPS) is 19.7. The minimum Gasteiger partial charge on any atom is -0.334 e. The fourth-order valence-corrected chi connectivity index (χ4v) is 3.02. The van der Waals surface area contributed by atoms with Crippen LogP contribution in [0.5, 0.6) is 0 Å². The molecule has 2 rings (SSSR count). The summed E-state index contributed by atoms with van der Waals surface area (Å²) < 4.78 is 0.734. The zero-order valence-electron chi connectivity index (χ0n) is 9.33. The molecule has 1 saturated heterocycles. The Morgan fingerprint density at radius 2 is 2.35 bits per heavy atom. The summed E-state index contributed by atoms with van der Waals surface area (Å²) in [5.74, 6) is 0.0292. The average Bonchev–Trinajstić information content (AvgIpc) is 2.76. The Hall–Kier alpha value is -0.580. The van der Waals surface area contributed by atoms with Crippen LogP contribution in [0.4, 0.5) is 0 Å². The van der Waals surface area contributed by atoms with Gasteiger partial charge in [0.05, 0.1) is 5.56 Å². The number of likely N-dealkylation sites (tertiary alicyclic amines) is 1. The van der Waals surface area contributed by atoms with E-state index in [1.807, 2.05) is 4.90 Å². The first-order valence-corrected chi connectivity index (χ1v) is 6.76. The van der Waals surface area contributed by atoms with Crippen LogP contribution in [-0.2, 0) is 0 Å². The Morgan fingerprint density at radius 3 is 3.00 bits per heavy atom. The zero-order valence-corrected chi connectivity index (χ0v) is 11.7. The molecule has 1 heterocycles. The lowest BCUT2D eigenvalue weighted by Gasteiger charge is -2.24. The van der Waals surface area contributed by atoms with Crippen LogP contribution in [0.1, 0.15) is 23.2 Å². The van der Waals surface area contributed by atoms with E-state index in [0.717, 1.165) is 23.9 Å². The Labute approximate surface area is 114 Å². The van der Waals surface area contributed by atoms with E-state index >= 15 is 0 Å². The Morgan fingerprint density at radius 1 is 1.59 bits per heavy atom. The van der Waals surface area contributed by atoms with Crippen LogP contribution in [0.25, 0.3) is 0 Å². The lowest BCUT2D eigenvalue weighted by atomic mass is 10.1. The number of rotatable bonds is 2. The van der Waals surface area contributed by atoms with E-state index in [1.54, 1.807) is 18.2 Å². The molecular weight excluding hydrogens is 304 g/mol. The molecule has 0 saturated carbocycles. The van der Waals surface area contributed by atoms with Gasteiger partial charge in [-0.1, -0.05) is 11.6 Å². The summed E-state index contributed by atoms with van der Waals surface area (Å²) in [5.41, 5.74) is 6.32. The minimum absolute atomic E-state index is 0.0292. The van der Waals surface area contributed by atoms with Gasteiger partial charge in [0.15, 0.2) is 0 Å². The van der Waals surface area contributed by atoms with Crippen LogP contribution in [0.2, 0.25) is 5.02 Å². The molecule has 92 valence electrons. The first-order valence-electron chi connectivity index (χ1n) is 5.59. The third kappa shape index (κ3) is 2.64. The molecule has 0 bridgehead atoms. The molecule has 0 aliphatic carbocycles. The molecule has 1 fully saturated rings. The SMILES string of the molecule is NC[C@H]1CCCN1C(=O)c1ccc(Cl)cc1Br. The number of hydrogen-bond acceptors (Lipinski definition) is 2. The summed E-state index contributed by atoms with van der Waals surface area (Å²) in [6, 6.07) is 5.39. The highest BCUT2D eigenvalue weighted by Gasteiger charge is 2.29. The van der Waals surface area contributed by atoms with Crippen LogP contribution >= 0.6 is 27.5 Å². The molecule has 17 heavy (non-hydrogen) atoms. The summed E-state index contributed by atoms with van der Waals surface area (Å²) in [6.07, 6.45) is 2.02. The highest BCUT2D eigenvalue weighted by Crippen LogP contribution is 2.26. The summed E-state index contributed by atoms with van der Waals surface area (Å²) in [7, 11) is 0. The predicted molar refractivity (Wildman–Crippen MR) is 72.3 cm³/mol. The lowest BCUT2D eigenvalue weighted by molar-refractivity contribution is 0.0740. The smallest absolute Gasteiger partial charge is 0.255 e. The van der Waals surface area contributed by atoms with Crippen molar-refractivity contribution < 1.29 is 4.79 Å². The third-order valence-corrected chi connectivity index (χ3v) is 3.96. The minimum atomic E-state index is 0.0292. The Balaban J connectivity index is 2.24.